The van der Waals surface area contributed by atoms with Gasteiger partial charge in [-0.2, -0.15) is 5.10 Å². The number of esters is 2. The molecule has 0 saturated carbocycles. The molecule has 9 heteroatoms. The fraction of sp³-hybridized carbons (Fsp3) is 0.417. The summed E-state index contributed by atoms with van der Waals surface area (Å²) in [6.07, 6.45) is 2.82. The van der Waals surface area contributed by atoms with E-state index in [1.54, 1.807) is 18.7 Å². The van der Waals surface area contributed by atoms with Crippen molar-refractivity contribution in [2.75, 3.05) is 13.7 Å². The summed E-state index contributed by atoms with van der Waals surface area (Å²) < 4.78 is 12.5. The molecule has 112 valence electrons. The second-order valence-electron chi connectivity index (χ2n) is 4.11. The third kappa shape index (κ3) is 3.07. The highest BCUT2D eigenvalue weighted by atomic mass is 16.5. The van der Waals surface area contributed by atoms with Gasteiger partial charge in [0.2, 0.25) is 0 Å². The van der Waals surface area contributed by atoms with Gasteiger partial charge in [0, 0.05) is 7.05 Å². The molecule has 0 atom stereocenters. The van der Waals surface area contributed by atoms with Crippen molar-refractivity contribution in [1.29, 1.82) is 0 Å². The third-order valence-corrected chi connectivity index (χ3v) is 2.77. The summed E-state index contributed by atoms with van der Waals surface area (Å²) in [4.78, 5) is 27.0. The number of nitrogens with zero attached hydrogens (tertiary/aromatic N) is 5. The monoisotopic (exact) mass is 293 g/mol. The molecule has 2 aromatic heterocycles. The first-order valence-electron chi connectivity index (χ1n) is 6.22. The molecule has 0 aromatic carbocycles. The predicted octanol–water partition coefficient (Wildman–Crippen LogP) is 0.0232. The van der Waals surface area contributed by atoms with Crippen LogP contribution in [-0.2, 0) is 23.1 Å². The summed E-state index contributed by atoms with van der Waals surface area (Å²) in [7, 11) is 2.96. The minimum absolute atomic E-state index is 0.0441. The van der Waals surface area contributed by atoms with Gasteiger partial charge in [-0.05, 0) is 6.92 Å². The van der Waals surface area contributed by atoms with E-state index >= 15 is 0 Å². The number of carbonyl (C=O) groups excluding carboxylic acids is 2. The normalized spacial score (nSPS) is 10.4. The molecule has 0 radical (unpaired) electrons. The van der Waals surface area contributed by atoms with E-state index < -0.39 is 11.9 Å². The SMILES string of the molecule is CCOC(=O)c1cnn(C)c1Cn1cnc(C(=O)OC)n1. The quantitative estimate of drug-likeness (QED) is 0.716. The molecular weight excluding hydrogens is 278 g/mol. The maximum Gasteiger partial charge on any atom is 0.377 e. The van der Waals surface area contributed by atoms with Crippen LogP contribution in [0.15, 0.2) is 12.5 Å². The lowest BCUT2D eigenvalue weighted by atomic mass is 10.2. The molecule has 0 amide bonds. The number of carbonyl (C=O) groups is 2. The highest BCUT2D eigenvalue weighted by Crippen LogP contribution is 2.11. The van der Waals surface area contributed by atoms with E-state index in [9.17, 15) is 9.59 Å². The van der Waals surface area contributed by atoms with E-state index in [-0.39, 0.29) is 19.0 Å². The number of ether oxygens (including phenoxy) is 2. The van der Waals surface area contributed by atoms with E-state index in [0.29, 0.717) is 11.3 Å². The van der Waals surface area contributed by atoms with Crippen molar-refractivity contribution < 1.29 is 19.1 Å². The second-order valence-corrected chi connectivity index (χ2v) is 4.11. The average Bonchev–Trinajstić information content (AvgIpc) is 3.07. The Bertz CT molecular complexity index is 660. The summed E-state index contributed by atoms with van der Waals surface area (Å²) in [5.74, 6) is -1.12. The zero-order chi connectivity index (χ0) is 15.4. The molecule has 2 heterocycles. The Kier molecular flexibility index (Phi) is 4.31. The first-order valence-corrected chi connectivity index (χ1v) is 6.22. The van der Waals surface area contributed by atoms with Gasteiger partial charge < -0.3 is 9.47 Å². The predicted molar refractivity (Wildman–Crippen MR) is 69.6 cm³/mol. The maximum absolute atomic E-state index is 11.8. The fourth-order valence-corrected chi connectivity index (χ4v) is 1.74. The largest absolute Gasteiger partial charge is 0.463 e. The standard InChI is InChI=1S/C12H15N5O4/c1-4-21-11(18)8-5-14-16(2)9(8)6-17-7-13-10(15-17)12(19)20-3/h5,7H,4,6H2,1-3H3. The van der Waals surface area contributed by atoms with E-state index in [2.05, 4.69) is 19.9 Å². The minimum atomic E-state index is -0.621. The molecule has 0 aliphatic heterocycles. The number of aryl methyl sites for hydroxylation is 1. The molecule has 0 unspecified atom stereocenters. The summed E-state index contributed by atoms with van der Waals surface area (Å²) in [5, 5.41) is 8.02. The van der Waals surface area contributed by atoms with Gasteiger partial charge in [0.25, 0.3) is 5.82 Å². The van der Waals surface area contributed by atoms with Crippen molar-refractivity contribution >= 4 is 11.9 Å². The van der Waals surface area contributed by atoms with E-state index in [1.165, 1.54) is 24.3 Å². The van der Waals surface area contributed by atoms with Crippen LogP contribution in [-0.4, -0.2) is 50.2 Å². The number of hydrogen-bond donors (Lipinski definition) is 0. The molecule has 0 aliphatic carbocycles. The average molecular weight is 293 g/mol. The molecule has 2 aromatic rings. The van der Waals surface area contributed by atoms with Crippen molar-refractivity contribution in [3.63, 3.8) is 0 Å². The number of hydrogen-bond acceptors (Lipinski definition) is 7. The van der Waals surface area contributed by atoms with Gasteiger partial charge in [-0.1, -0.05) is 0 Å². The number of rotatable bonds is 5. The number of aromatic nitrogens is 5. The molecule has 0 aliphatic rings. The van der Waals surface area contributed by atoms with Crippen molar-refractivity contribution in [2.24, 2.45) is 7.05 Å². The molecule has 0 saturated heterocycles. The minimum Gasteiger partial charge on any atom is -0.463 e. The van der Waals surface area contributed by atoms with Crippen LogP contribution < -0.4 is 0 Å². The Morgan fingerprint density at radius 2 is 2.10 bits per heavy atom. The lowest BCUT2D eigenvalue weighted by molar-refractivity contribution is 0.0523. The Hall–Kier alpha value is -2.71. The van der Waals surface area contributed by atoms with Gasteiger partial charge in [0.05, 0.1) is 32.2 Å². The van der Waals surface area contributed by atoms with Crippen LogP contribution in [0.1, 0.15) is 33.6 Å². The molecule has 2 rings (SSSR count). The third-order valence-electron chi connectivity index (χ3n) is 2.77. The van der Waals surface area contributed by atoms with Crippen LogP contribution in [0.5, 0.6) is 0 Å². The molecule has 0 N–H and O–H groups in total. The molecule has 9 nitrogen and oxygen atoms in total. The van der Waals surface area contributed by atoms with E-state index in [1.807, 2.05) is 0 Å². The Balaban J connectivity index is 2.23. The van der Waals surface area contributed by atoms with Crippen LogP contribution in [0, 0.1) is 0 Å². The highest BCUT2D eigenvalue weighted by molar-refractivity contribution is 5.90. The lowest BCUT2D eigenvalue weighted by Gasteiger charge is -2.05. The summed E-state index contributed by atoms with van der Waals surface area (Å²) in [5.41, 5.74) is 0.962. The van der Waals surface area contributed by atoms with Crippen LogP contribution >= 0.6 is 0 Å². The van der Waals surface area contributed by atoms with Crippen LogP contribution in [0.3, 0.4) is 0 Å². The van der Waals surface area contributed by atoms with Crippen molar-refractivity contribution in [3.8, 4) is 0 Å². The van der Waals surface area contributed by atoms with Gasteiger partial charge in [0.1, 0.15) is 11.9 Å². The van der Waals surface area contributed by atoms with Crippen molar-refractivity contribution in [3.05, 3.63) is 29.6 Å². The molecule has 0 fully saturated rings. The highest BCUT2D eigenvalue weighted by Gasteiger charge is 2.19. The van der Waals surface area contributed by atoms with E-state index in [0.717, 1.165) is 0 Å². The number of methoxy groups -OCH3 is 1. The Morgan fingerprint density at radius 1 is 1.33 bits per heavy atom. The van der Waals surface area contributed by atoms with Crippen LogP contribution in [0.4, 0.5) is 0 Å². The zero-order valence-electron chi connectivity index (χ0n) is 11.9. The Labute approximate surface area is 120 Å². The first kappa shape index (κ1) is 14.7. The topological polar surface area (TPSA) is 101 Å². The Morgan fingerprint density at radius 3 is 2.76 bits per heavy atom. The first-order chi connectivity index (χ1) is 10.1. The summed E-state index contributed by atoms with van der Waals surface area (Å²) in [6.45, 7) is 2.24. The van der Waals surface area contributed by atoms with Crippen molar-refractivity contribution in [1.82, 2.24) is 24.5 Å². The van der Waals surface area contributed by atoms with Gasteiger partial charge in [-0.25, -0.2) is 19.3 Å². The zero-order valence-corrected chi connectivity index (χ0v) is 11.9. The van der Waals surface area contributed by atoms with Gasteiger partial charge >= 0.3 is 11.9 Å². The maximum atomic E-state index is 11.8. The lowest BCUT2D eigenvalue weighted by Crippen LogP contribution is -2.13. The second kappa shape index (κ2) is 6.16. The molecule has 0 bridgehead atoms. The van der Waals surface area contributed by atoms with Gasteiger partial charge in [-0.15, -0.1) is 5.10 Å². The van der Waals surface area contributed by atoms with Crippen molar-refractivity contribution in [2.45, 2.75) is 13.5 Å². The fourth-order valence-electron chi connectivity index (χ4n) is 1.74. The van der Waals surface area contributed by atoms with Crippen LogP contribution in [0.25, 0.3) is 0 Å². The summed E-state index contributed by atoms with van der Waals surface area (Å²) in [6, 6.07) is 0. The summed E-state index contributed by atoms with van der Waals surface area (Å²) >= 11 is 0. The molecule has 21 heavy (non-hydrogen) atoms. The van der Waals surface area contributed by atoms with E-state index in [4.69, 9.17) is 4.74 Å². The van der Waals surface area contributed by atoms with Crippen LogP contribution in [0.2, 0.25) is 0 Å². The van der Waals surface area contributed by atoms with Gasteiger partial charge in [-0.3, -0.25) is 4.68 Å². The molecular formula is C12H15N5O4. The molecule has 0 spiro atoms. The van der Waals surface area contributed by atoms with Gasteiger partial charge in [0.15, 0.2) is 0 Å². The smallest absolute Gasteiger partial charge is 0.377 e.